The third-order valence-electron chi connectivity index (χ3n) is 2.84. The van der Waals surface area contributed by atoms with E-state index in [0.29, 0.717) is 16.9 Å². The minimum Gasteiger partial charge on any atom is -0.487 e. The average molecular weight is 343 g/mol. The minimum atomic E-state index is -0.447. The van der Waals surface area contributed by atoms with E-state index >= 15 is 0 Å². The molecule has 0 spiro atoms. The molecule has 2 rings (SSSR count). The van der Waals surface area contributed by atoms with Crippen molar-refractivity contribution < 1.29 is 18.7 Å². The zero-order chi connectivity index (χ0) is 16.1. The van der Waals surface area contributed by atoms with Gasteiger partial charge in [-0.3, -0.25) is 0 Å². The summed E-state index contributed by atoms with van der Waals surface area (Å²) in [5, 5.41) is 0.558. The summed E-state index contributed by atoms with van der Waals surface area (Å²) in [7, 11) is 0. The van der Waals surface area contributed by atoms with Gasteiger partial charge in [0.1, 0.15) is 18.2 Å². The molecule has 0 atom stereocenters. The molecule has 22 heavy (non-hydrogen) atoms. The monoisotopic (exact) mass is 342 g/mol. The molecular weight excluding hydrogens is 330 g/mol. The predicted molar refractivity (Wildman–Crippen MR) is 83.2 cm³/mol. The molecule has 0 saturated carbocycles. The molecule has 0 aliphatic rings. The third kappa shape index (κ3) is 4.12. The van der Waals surface area contributed by atoms with Crippen LogP contribution in [0.25, 0.3) is 0 Å². The van der Waals surface area contributed by atoms with E-state index in [4.69, 9.17) is 32.7 Å². The molecule has 0 aliphatic heterocycles. The highest BCUT2D eigenvalue weighted by atomic mass is 35.5. The highest BCUT2D eigenvalue weighted by Crippen LogP contribution is 2.27. The Morgan fingerprint density at radius 2 is 1.91 bits per heavy atom. The highest BCUT2D eigenvalue weighted by Gasteiger charge is 2.11. The summed E-state index contributed by atoms with van der Waals surface area (Å²) >= 11 is 12.0. The Hall–Kier alpha value is -1.78. The summed E-state index contributed by atoms with van der Waals surface area (Å²) in [6.45, 7) is 2.15. The van der Waals surface area contributed by atoms with Crippen molar-refractivity contribution in [1.29, 1.82) is 0 Å². The van der Waals surface area contributed by atoms with Crippen molar-refractivity contribution in [3.63, 3.8) is 0 Å². The van der Waals surface area contributed by atoms with Crippen LogP contribution in [0.5, 0.6) is 5.75 Å². The van der Waals surface area contributed by atoms with Crippen molar-refractivity contribution in [2.24, 2.45) is 0 Å². The number of rotatable bonds is 5. The Morgan fingerprint density at radius 1 is 1.14 bits per heavy atom. The number of carbonyl (C=O) groups is 1. The second kappa shape index (κ2) is 7.47. The van der Waals surface area contributed by atoms with E-state index in [-0.39, 0.29) is 23.3 Å². The summed E-state index contributed by atoms with van der Waals surface area (Å²) < 4.78 is 23.4. The second-order valence-electron chi connectivity index (χ2n) is 4.39. The van der Waals surface area contributed by atoms with Crippen LogP contribution in [0.2, 0.25) is 10.0 Å². The zero-order valence-electron chi connectivity index (χ0n) is 11.7. The lowest BCUT2D eigenvalue weighted by molar-refractivity contribution is 0.0526. The van der Waals surface area contributed by atoms with Gasteiger partial charge in [-0.1, -0.05) is 29.3 Å². The quantitative estimate of drug-likeness (QED) is 0.725. The number of ether oxygens (including phenoxy) is 2. The van der Waals surface area contributed by atoms with Crippen LogP contribution in [0.3, 0.4) is 0 Å². The lowest BCUT2D eigenvalue weighted by Gasteiger charge is -2.10. The summed E-state index contributed by atoms with van der Waals surface area (Å²) in [5.74, 6) is -0.460. The smallest absolute Gasteiger partial charge is 0.338 e. The van der Waals surface area contributed by atoms with Gasteiger partial charge >= 0.3 is 5.97 Å². The van der Waals surface area contributed by atoms with Gasteiger partial charge in [-0.15, -0.1) is 0 Å². The fourth-order valence-corrected chi connectivity index (χ4v) is 2.21. The van der Waals surface area contributed by atoms with Crippen molar-refractivity contribution in [2.75, 3.05) is 6.61 Å². The lowest BCUT2D eigenvalue weighted by atomic mass is 10.2. The normalized spacial score (nSPS) is 10.4. The maximum absolute atomic E-state index is 13.0. The number of benzene rings is 2. The van der Waals surface area contributed by atoms with Crippen LogP contribution in [0.15, 0.2) is 36.4 Å². The molecule has 0 amide bonds. The van der Waals surface area contributed by atoms with Gasteiger partial charge < -0.3 is 9.47 Å². The SMILES string of the molecule is CCOC(=O)c1ccc(OCc2ccc(F)cc2Cl)c(Cl)c1. The van der Waals surface area contributed by atoms with Crippen molar-refractivity contribution in [3.05, 3.63) is 63.4 Å². The van der Waals surface area contributed by atoms with E-state index in [1.54, 1.807) is 25.1 Å². The van der Waals surface area contributed by atoms with E-state index in [1.165, 1.54) is 18.2 Å². The summed E-state index contributed by atoms with van der Waals surface area (Å²) in [6.07, 6.45) is 0. The van der Waals surface area contributed by atoms with E-state index in [1.807, 2.05) is 0 Å². The molecular formula is C16H13Cl2FO3. The lowest BCUT2D eigenvalue weighted by Crippen LogP contribution is -2.05. The molecule has 0 bridgehead atoms. The summed E-state index contributed by atoms with van der Waals surface area (Å²) in [4.78, 5) is 11.6. The van der Waals surface area contributed by atoms with Gasteiger partial charge in [0.15, 0.2) is 0 Å². The number of hydrogen-bond acceptors (Lipinski definition) is 3. The number of carbonyl (C=O) groups excluding carboxylic acids is 1. The Balaban J connectivity index is 2.08. The van der Waals surface area contributed by atoms with Gasteiger partial charge in [-0.2, -0.15) is 0 Å². The van der Waals surface area contributed by atoms with Crippen molar-refractivity contribution in [3.8, 4) is 5.75 Å². The third-order valence-corrected chi connectivity index (χ3v) is 3.49. The van der Waals surface area contributed by atoms with Crippen LogP contribution in [0.4, 0.5) is 4.39 Å². The van der Waals surface area contributed by atoms with Gasteiger partial charge in [0.05, 0.1) is 22.2 Å². The van der Waals surface area contributed by atoms with E-state index in [9.17, 15) is 9.18 Å². The molecule has 2 aromatic carbocycles. The molecule has 0 aliphatic carbocycles. The minimum absolute atomic E-state index is 0.136. The Bertz CT molecular complexity index is 689. The molecule has 0 radical (unpaired) electrons. The Labute approximate surface area is 137 Å². The van der Waals surface area contributed by atoms with Crippen molar-refractivity contribution in [2.45, 2.75) is 13.5 Å². The van der Waals surface area contributed by atoms with Gasteiger partial charge in [0.2, 0.25) is 0 Å². The van der Waals surface area contributed by atoms with Crippen LogP contribution in [0.1, 0.15) is 22.8 Å². The van der Waals surface area contributed by atoms with Crippen LogP contribution >= 0.6 is 23.2 Å². The molecule has 3 nitrogen and oxygen atoms in total. The van der Waals surface area contributed by atoms with Crippen LogP contribution in [0, 0.1) is 5.82 Å². The molecule has 2 aromatic rings. The summed E-state index contributed by atoms with van der Waals surface area (Å²) in [6, 6.07) is 8.67. The highest BCUT2D eigenvalue weighted by molar-refractivity contribution is 6.32. The fraction of sp³-hybridized carbons (Fsp3) is 0.188. The first-order chi connectivity index (χ1) is 10.5. The maximum atomic E-state index is 13.0. The molecule has 0 heterocycles. The molecule has 0 fully saturated rings. The Morgan fingerprint density at radius 3 is 2.55 bits per heavy atom. The average Bonchev–Trinajstić information content (AvgIpc) is 2.47. The predicted octanol–water partition coefficient (Wildman–Crippen LogP) is 4.89. The van der Waals surface area contributed by atoms with Crippen LogP contribution < -0.4 is 4.74 Å². The zero-order valence-corrected chi connectivity index (χ0v) is 13.2. The fourth-order valence-electron chi connectivity index (χ4n) is 1.75. The van der Waals surface area contributed by atoms with Crippen LogP contribution in [-0.2, 0) is 11.3 Å². The largest absolute Gasteiger partial charge is 0.487 e. The van der Waals surface area contributed by atoms with Gasteiger partial charge in [0, 0.05) is 5.56 Å². The maximum Gasteiger partial charge on any atom is 0.338 e. The van der Waals surface area contributed by atoms with Gasteiger partial charge in [0.25, 0.3) is 0 Å². The second-order valence-corrected chi connectivity index (χ2v) is 5.20. The molecule has 0 saturated heterocycles. The number of halogens is 3. The summed E-state index contributed by atoms with van der Waals surface area (Å²) in [5.41, 5.74) is 0.979. The van der Waals surface area contributed by atoms with Gasteiger partial charge in [-0.05, 0) is 37.3 Å². The first-order valence-corrected chi connectivity index (χ1v) is 7.30. The van der Waals surface area contributed by atoms with E-state index < -0.39 is 11.8 Å². The molecule has 0 aromatic heterocycles. The standard InChI is InChI=1S/C16H13Cl2FO3/c1-2-21-16(20)10-4-6-15(14(18)7-10)22-9-11-3-5-12(19)8-13(11)17/h3-8H,2,9H2,1H3. The van der Waals surface area contributed by atoms with E-state index in [2.05, 4.69) is 0 Å². The molecule has 0 unspecified atom stereocenters. The molecule has 0 N–H and O–H groups in total. The topological polar surface area (TPSA) is 35.5 Å². The van der Waals surface area contributed by atoms with Crippen molar-refractivity contribution >= 4 is 29.2 Å². The first-order valence-electron chi connectivity index (χ1n) is 6.54. The molecule has 116 valence electrons. The van der Waals surface area contributed by atoms with Crippen molar-refractivity contribution in [1.82, 2.24) is 0 Å². The van der Waals surface area contributed by atoms with Gasteiger partial charge in [-0.25, -0.2) is 9.18 Å². The van der Waals surface area contributed by atoms with E-state index in [0.717, 1.165) is 0 Å². The molecule has 6 heteroatoms. The Kier molecular flexibility index (Phi) is 5.63. The number of esters is 1. The van der Waals surface area contributed by atoms with Crippen LogP contribution in [-0.4, -0.2) is 12.6 Å². The number of hydrogen-bond donors (Lipinski definition) is 0. The first kappa shape index (κ1) is 16.6.